The Morgan fingerprint density at radius 3 is 2.75 bits per heavy atom. The van der Waals surface area contributed by atoms with Crippen LogP contribution in [0.4, 0.5) is 5.69 Å². The van der Waals surface area contributed by atoms with E-state index in [2.05, 4.69) is 9.88 Å². The normalized spacial score (nSPS) is 10.3. The van der Waals surface area contributed by atoms with E-state index < -0.39 is 0 Å². The van der Waals surface area contributed by atoms with Crippen molar-refractivity contribution in [2.45, 2.75) is 11.4 Å². The SMILES string of the molecule is CSc1cccc(N(C)Cc2cccnc2)c1C(=N)N. The smallest absolute Gasteiger partial charge is 0.126 e. The molecule has 0 bridgehead atoms. The van der Waals surface area contributed by atoms with Crippen molar-refractivity contribution >= 4 is 23.3 Å². The molecule has 0 atom stereocenters. The fraction of sp³-hybridized carbons (Fsp3) is 0.200. The van der Waals surface area contributed by atoms with Crippen LogP contribution in [0.15, 0.2) is 47.6 Å². The van der Waals surface area contributed by atoms with Gasteiger partial charge in [-0.2, -0.15) is 0 Å². The first-order chi connectivity index (χ1) is 9.63. The van der Waals surface area contributed by atoms with Gasteiger partial charge in [-0.05, 0) is 30.0 Å². The van der Waals surface area contributed by atoms with E-state index in [1.807, 2.05) is 49.8 Å². The lowest BCUT2D eigenvalue weighted by Crippen LogP contribution is -2.22. The van der Waals surface area contributed by atoms with Gasteiger partial charge in [0, 0.05) is 36.6 Å². The molecule has 1 heterocycles. The molecular weight excluding hydrogens is 268 g/mol. The lowest BCUT2D eigenvalue weighted by atomic mass is 10.1. The van der Waals surface area contributed by atoms with Crippen LogP contribution in [0.25, 0.3) is 0 Å². The molecule has 0 unspecified atom stereocenters. The number of pyridine rings is 1. The maximum absolute atomic E-state index is 7.82. The number of nitrogen functional groups attached to an aromatic ring is 1. The molecule has 1 aromatic heterocycles. The molecule has 4 nitrogen and oxygen atoms in total. The summed E-state index contributed by atoms with van der Waals surface area (Å²) in [5.74, 6) is 0.1000. The van der Waals surface area contributed by atoms with Crippen molar-refractivity contribution in [2.75, 3.05) is 18.2 Å². The molecule has 0 fully saturated rings. The van der Waals surface area contributed by atoms with Crippen LogP contribution in [0.1, 0.15) is 11.1 Å². The highest BCUT2D eigenvalue weighted by Crippen LogP contribution is 2.29. The minimum atomic E-state index is 0.1000. The zero-order chi connectivity index (χ0) is 14.5. The third-order valence-corrected chi connectivity index (χ3v) is 3.83. The number of thioether (sulfide) groups is 1. The van der Waals surface area contributed by atoms with Gasteiger partial charge in [-0.3, -0.25) is 10.4 Å². The Morgan fingerprint density at radius 1 is 1.35 bits per heavy atom. The van der Waals surface area contributed by atoms with Gasteiger partial charge < -0.3 is 10.6 Å². The molecule has 0 saturated carbocycles. The number of hydrogen-bond acceptors (Lipinski definition) is 4. The molecule has 0 aliphatic heterocycles. The summed E-state index contributed by atoms with van der Waals surface area (Å²) in [6, 6.07) is 9.94. The van der Waals surface area contributed by atoms with Gasteiger partial charge in [0.25, 0.3) is 0 Å². The van der Waals surface area contributed by atoms with Gasteiger partial charge in [0.05, 0.1) is 5.56 Å². The monoisotopic (exact) mass is 286 g/mol. The number of benzene rings is 1. The van der Waals surface area contributed by atoms with E-state index in [1.54, 1.807) is 18.0 Å². The van der Waals surface area contributed by atoms with Gasteiger partial charge in [-0.25, -0.2) is 0 Å². The number of amidine groups is 1. The van der Waals surface area contributed by atoms with Gasteiger partial charge in [-0.15, -0.1) is 11.8 Å². The van der Waals surface area contributed by atoms with Gasteiger partial charge in [0.1, 0.15) is 5.84 Å². The Morgan fingerprint density at radius 2 is 2.15 bits per heavy atom. The Kier molecular flexibility index (Phi) is 4.63. The number of nitrogens with zero attached hydrogens (tertiary/aromatic N) is 2. The Labute approximate surface area is 123 Å². The zero-order valence-corrected chi connectivity index (χ0v) is 12.4. The molecule has 2 aromatic rings. The molecule has 0 aliphatic rings. The highest BCUT2D eigenvalue weighted by atomic mass is 32.2. The van der Waals surface area contributed by atoms with Gasteiger partial charge in [0.15, 0.2) is 0 Å². The quantitative estimate of drug-likeness (QED) is 0.504. The zero-order valence-electron chi connectivity index (χ0n) is 11.6. The predicted molar refractivity (Wildman–Crippen MR) is 85.6 cm³/mol. The lowest BCUT2D eigenvalue weighted by molar-refractivity contribution is 0.910. The summed E-state index contributed by atoms with van der Waals surface area (Å²) in [6.45, 7) is 0.728. The standard InChI is InChI=1S/C15H18N4S/c1-19(10-11-5-4-8-18-9-11)12-6-3-7-13(20-2)14(12)15(16)17/h3-9H,10H2,1-2H3,(H3,16,17). The summed E-state index contributed by atoms with van der Waals surface area (Å²) < 4.78 is 0. The van der Waals surface area contributed by atoms with Gasteiger partial charge in [0.2, 0.25) is 0 Å². The molecular formula is C15H18N4S. The summed E-state index contributed by atoms with van der Waals surface area (Å²) in [5.41, 5.74) is 8.64. The summed E-state index contributed by atoms with van der Waals surface area (Å²) >= 11 is 1.60. The lowest BCUT2D eigenvalue weighted by Gasteiger charge is -2.23. The van der Waals surface area contributed by atoms with Crippen LogP contribution in [0.3, 0.4) is 0 Å². The molecule has 0 saturated heterocycles. The molecule has 0 aliphatic carbocycles. The second-order valence-corrected chi connectivity index (χ2v) is 5.33. The van der Waals surface area contributed by atoms with Crippen molar-refractivity contribution in [3.8, 4) is 0 Å². The first kappa shape index (κ1) is 14.4. The number of rotatable bonds is 5. The first-order valence-corrected chi connectivity index (χ1v) is 7.47. The van der Waals surface area contributed by atoms with Crippen molar-refractivity contribution in [1.82, 2.24) is 4.98 Å². The minimum Gasteiger partial charge on any atom is -0.384 e. The van der Waals surface area contributed by atoms with E-state index in [0.29, 0.717) is 0 Å². The molecule has 0 radical (unpaired) electrons. The summed E-state index contributed by atoms with van der Waals surface area (Å²) in [7, 11) is 2.00. The topological polar surface area (TPSA) is 66.0 Å². The second-order valence-electron chi connectivity index (χ2n) is 4.49. The average molecular weight is 286 g/mol. The van der Waals surface area contributed by atoms with E-state index in [-0.39, 0.29) is 5.84 Å². The summed E-state index contributed by atoms with van der Waals surface area (Å²) in [5, 5.41) is 7.82. The van der Waals surface area contributed by atoms with Crippen LogP contribution in [-0.2, 0) is 6.54 Å². The third kappa shape index (κ3) is 3.11. The van der Waals surface area contributed by atoms with Crippen molar-refractivity contribution in [3.05, 3.63) is 53.9 Å². The fourth-order valence-electron chi connectivity index (χ4n) is 2.13. The van der Waals surface area contributed by atoms with Crippen molar-refractivity contribution in [3.63, 3.8) is 0 Å². The number of nitrogens with two attached hydrogens (primary N) is 1. The predicted octanol–water partition coefficient (Wildman–Crippen LogP) is 2.72. The highest BCUT2D eigenvalue weighted by molar-refractivity contribution is 7.98. The highest BCUT2D eigenvalue weighted by Gasteiger charge is 2.14. The van der Waals surface area contributed by atoms with Crippen molar-refractivity contribution < 1.29 is 0 Å². The maximum Gasteiger partial charge on any atom is 0.126 e. The van der Waals surface area contributed by atoms with Crippen LogP contribution in [0.2, 0.25) is 0 Å². The van der Waals surface area contributed by atoms with E-state index in [9.17, 15) is 0 Å². The number of anilines is 1. The summed E-state index contributed by atoms with van der Waals surface area (Å²) in [6.07, 6.45) is 5.61. The Bertz CT molecular complexity index is 598. The van der Waals surface area contributed by atoms with Gasteiger partial charge in [-0.1, -0.05) is 12.1 Å². The van der Waals surface area contributed by atoms with Crippen molar-refractivity contribution in [1.29, 1.82) is 5.41 Å². The van der Waals surface area contributed by atoms with Crippen LogP contribution in [0.5, 0.6) is 0 Å². The average Bonchev–Trinajstić information content (AvgIpc) is 2.47. The molecule has 1 aromatic carbocycles. The fourth-order valence-corrected chi connectivity index (χ4v) is 2.76. The number of aromatic nitrogens is 1. The first-order valence-electron chi connectivity index (χ1n) is 6.25. The molecule has 20 heavy (non-hydrogen) atoms. The van der Waals surface area contributed by atoms with Crippen LogP contribution in [-0.4, -0.2) is 24.1 Å². The number of nitrogens with one attached hydrogen (secondary N) is 1. The maximum atomic E-state index is 7.82. The van der Waals surface area contributed by atoms with E-state index in [1.165, 1.54) is 0 Å². The Hall–Kier alpha value is -2.01. The van der Waals surface area contributed by atoms with Crippen LogP contribution >= 0.6 is 11.8 Å². The molecule has 3 N–H and O–H groups in total. The van der Waals surface area contributed by atoms with Crippen LogP contribution in [0, 0.1) is 5.41 Å². The molecule has 0 amide bonds. The van der Waals surface area contributed by atoms with Crippen LogP contribution < -0.4 is 10.6 Å². The molecule has 104 valence electrons. The van der Waals surface area contributed by atoms with Gasteiger partial charge >= 0.3 is 0 Å². The third-order valence-electron chi connectivity index (χ3n) is 3.05. The van der Waals surface area contributed by atoms with E-state index >= 15 is 0 Å². The molecule has 2 rings (SSSR count). The Balaban J connectivity index is 2.34. The molecule has 5 heteroatoms. The summed E-state index contributed by atoms with van der Waals surface area (Å²) in [4.78, 5) is 7.24. The van der Waals surface area contributed by atoms with Crippen molar-refractivity contribution in [2.24, 2.45) is 5.73 Å². The van der Waals surface area contributed by atoms with E-state index in [4.69, 9.17) is 11.1 Å². The number of hydrogen-bond donors (Lipinski definition) is 2. The van der Waals surface area contributed by atoms with E-state index in [0.717, 1.165) is 28.3 Å². The minimum absolute atomic E-state index is 0.1000. The second kappa shape index (κ2) is 6.43. The molecule has 0 spiro atoms. The largest absolute Gasteiger partial charge is 0.384 e.